The van der Waals surface area contributed by atoms with E-state index in [-0.39, 0.29) is 0 Å². The van der Waals surface area contributed by atoms with Crippen LogP contribution in [0.2, 0.25) is 0 Å². The highest BCUT2D eigenvalue weighted by molar-refractivity contribution is 5.77. The van der Waals surface area contributed by atoms with Gasteiger partial charge in [-0.25, -0.2) is 0 Å². The fourth-order valence-electron chi connectivity index (χ4n) is 3.15. The maximum absolute atomic E-state index is 11.6. The number of rotatable bonds is 10. The number of aromatic nitrogens is 1. The number of carbonyl (C=O) groups is 1. The molecule has 2 aromatic rings. The number of amides is 1. The molecule has 0 bridgehead atoms. The van der Waals surface area contributed by atoms with Crippen LogP contribution in [0.15, 0.2) is 42.7 Å². The van der Waals surface area contributed by atoms with E-state index in [1.807, 2.05) is 35.2 Å². The molecule has 1 saturated heterocycles. The average Bonchev–Trinajstić information content (AvgIpc) is 3.12. The van der Waals surface area contributed by atoms with E-state index in [0.29, 0.717) is 18.9 Å². The molecule has 144 valence electrons. The average molecular weight is 369 g/mol. The Bertz CT molecular complexity index is 737. The molecule has 0 saturated carbocycles. The molecule has 1 aromatic heterocycles. The van der Waals surface area contributed by atoms with Gasteiger partial charge in [-0.3, -0.25) is 9.78 Å². The van der Waals surface area contributed by atoms with Gasteiger partial charge in [0.2, 0.25) is 5.91 Å². The summed E-state index contributed by atoms with van der Waals surface area (Å²) in [4.78, 5) is 17.5. The van der Waals surface area contributed by atoms with Gasteiger partial charge in [-0.15, -0.1) is 0 Å². The molecule has 1 aliphatic rings. The molecule has 1 aliphatic heterocycles. The summed E-state index contributed by atoms with van der Waals surface area (Å²) in [5.74, 6) is 1.75. The van der Waals surface area contributed by atoms with Gasteiger partial charge in [-0.2, -0.15) is 0 Å². The van der Waals surface area contributed by atoms with Crippen LogP contribution in [0.25, 0.3) is 0 Å². The Morgan fingerprint density at radius 3 is 2.74 bits per heavy atom. The molecule has 1 amide bonds. The van der Waals surface area contributed by atoms with Crippen LogP contribution >= 0.6 is 0 Å². The van der Waals surface area contributed by atoms with E-state index in [1.165, 1.54) is 0 Å². The Hall–Kier alpha value is -2.60. The molecule has 6 heteroatoms. The molecule has 0 atom stereocenters. The fraction of sp³-hybridized carbons (Fsp3) is 0.429. The van der Waals surface area contributed by atoms with Gasteiger partial charge in [0.15, 0.2) is 11.5 Å². The molecule has 3 rings (SSSR count). The van der Waals surface area contributed by atoms with Crippen molar-refractivity contribution in [3.05, 3.63) is 53.9 Å². The number of methoxy groups -OCH3 is 1. The number of benzene rings is 1. The summed E-state index contributed by atoms with van der Waals surface area (Å²) in [6, 6.07) is 9.85. The lowest BCUT2D eigenvalue weighted by Gasteiger charge is -2.15. The third kappa shape index (κ3) is 5.69. The lowest BCUT2D eigenvalue weighted by Crippen LogP contribution is -2.28. The normalized spacial score (nSPS) is 13.8. The van der Waals surface area contributed by atoms with Crippen molar-refractivity contribution in [1.29, 1.82) is 0 Å². The molecule has 27 heavy (non-hydrogen) atoms. The Labute approximate surface area is 160 Å². The van der Waals surface area contributed by atoms with Crippen LogP contribution in [-0.2, 0) is 17.9 Å². The third-order valence-electron chi connectivity index (χ3n) is 4.65. The molecule has 1 N–H and O–H groups in total. The highest BCUT2D eigenvalue weighted by atomic mass is 16.5. The summed E-state index contributed by atoms with van der Waals surface area (Å²) >= 11 is 0. The van der Waals surface area contributed by atoms with Crippen LogP contribution in [-0.4, -0.2) is 42.5 Å². The van der Waals surface area contributed by atoms with E-state index in [2.05, 4.69) is 10.3 Å². The lowest BCUT2D eigenvalue weighted by molar-refractivity contribution is -0.127. The largest absolute Gasteiger partial charge is 0.493 e. The summed E-state index contributed by atoms with van der Waals surface area (Å²) in [6.45, 7) is 3.88. The maximum Gasteiger partial charge on any atom is 0.222 e. The standard InChI is InChI=1S/C21H27N3O3/c1-26-20-14-18(15-23-9-3-13-24-12-2-4-21(24)25)5-6-19(20)27-16-17-7-10-22-11-8-17/h5-8,10-11,14,23H,2-4,9,12-13,15-16H2,1H3. The SMILES string of the molecule is COc1cc(CNCCCN2CCCC2=O)ccc1OCc1ccncc1. The molecule has 6 nitrogen and oxygen atoms in total. The van der Waals surface area contributed by atoms with Crippen LogP contribution in [0.4, 0.5) is 0 Å². The van der Waals surface area contributed by atoms with Crippen molar-refractivity contribution in [2.45, 2.75) is 32.4 Å². The minimum atomic E-state index is 0.294. The van der Waals surface area contributed by atoms with E-state index in [0.717, 1.165) is 61.6 Å². The molecule has 1 fully saturated rings. The van der Waals surface area contributed by atoms with E-state index in [9.17, 15) is 4.79 Å². The third-order valence-corrected chi connectivity index (χ3v) is 4.65. The first kappa shape index (κ1) is 19.2. The van der Waals surface area contributed by atoms with Gasteiger partial charge < -0.3 is 19.7 Å². The van der Waals surface area contributed by atoms with Crippen molar-refractivity contribution >= 4 is 5.91 Å². The van der Waals surface area contributed by atoms with Crippen LogP contribution in [0.1, 0.15) is 30.4 Å². The second-order valence-corrected chi connectivity index (χ2v) is 6.64. The summed E-state index contributed by atoms with van der Waals surface area (Å²) in [7, 11) is 1.65. The predicted molar refractivity (Wildman–Crippen MR) is 104 cm³/mol. The first-order valence-electron chi connectivity index (χ1n) is 9.43. The topological polar surface area (TPSA) is 63.7 Å². The Morgan fingerprint density at radius 1 is 1.15 bits per heavy atom. The summed E-state index contributed by atoms with van der Waals surface area (Å²) in [5.41, 5.74) is 2.20. The second-order valence-electron chi connectivity index (χ2n) is 6.64. The van der Waals surface area contributed by atoms with E-state index < -0.39 is 0 Å². The minimum absolute atomic E-state index is 0.294. The van der Waals surface area contributed by atoms with E-state index in [1.54, 1.807) is 19.5 Å². The quantitative estimate of drug-likeness (QED) is 0.653. The summed E-state index contributed by atoms with van der Waals surface area (Å²) < 4.78 is 11.3. The highest BCUT2D eigenvalue weighted by Crippen LogP contribution is 2.28. The summed E-state index contributed by atoms with van der Waals surface area (Å²) in [5, 5.41) is 3.43. The zero-order valence-electron chi connectivity index (χ0n) is 15.8. The summed E-state index contributed by atoms with van der Waals surface area (Å²) in [6.07, 6.45) is 6.19. The van der Waals surface area contributed by atoms with Crippen molar-refractivity contribution in [2.24, 2.45) is 0 Å². The zero-order chi connectivity index (χ0) is 18.9. The number of ether oxygens (including phenoxy) is 2. The first-order valence-corrected chi connectivity index (χ1v) is 9.43. The molecular formula is C21H27N3O3. The first-order chi connectivity index (χ1) is 13.3. The number of carbonyl (C=O) groups excluding carboxylic acids is 1. The number of hydrogen-bond acceptors (Lipinski definition) is 5. The van der Waals surface area contributed by atoms with Gasteiger partial charge in [-0.1, -0.05) is 6.07 Å². The van der Waals surface area contributed by atoms with Gasteiger partial charge in [0, 0.05) is 38.4 Å². The van der Waals surface area contributed by atoms with E-state index in [4.69, 9.17) is 9.47 Å². The number of hydrogen-bond donors (Lipinski definition) is 1. The fourth-order valence-corrected chi connectivity index (χ4v) is 3.15. The molecular weight excluding hydrogens is 342 g/mol. The van der Waals surface area contributed by atoms with Gasteiger partial charge in [0.1, 0.15) is 6.61 Å². The number of likely N-dealkylation sites (tertiary alicyclic amines) is 1. The molecule has 0 unspecified atom stereocenters. The Kier molecular flexibility index (Phi) is 7.04. The van der Waals surface area contributed by atoms with Crippen LogP contribution < -0.4 is 14.8 Å². The lowest BCUT2D eigenvalue weighted by atomic mass is 10.2. The van der Waals surface area contributed by atoms with Crippen LogP contribution in [0, 0.1) is 0 Å². The number of nitrogens with zero attached hydrogens (tertiary/aromatic N) is 2. The van der Waals surface area contributed by atoms with Crippen molar-refractivity contribution in [3.63, 3.8) is 0 Å². The Morgan fingerprint density at radius 2 is 2.00 bits per heavy atom. The Balaban J connectivity index is 1.43. The maximum atomic E-state index is 11.6. The van der Waals surface area contributed by atoms with Gasteiger partial charge in [0.05, 0.1) is 7.11 Å². The molecule has 1 aromatic carbocycles. The minimum Gasteiger partial charge on any atom is -0.493 e. The van der Waals surface area contributed by atoms with Crippen molar-refractivity contribution in [1.82, 2.24) is 15.2 Å². The monoisotopic (exact) mass is 369 g/mol. The van der Waals surface area contributed by atoms with Crippen LogP contribution in [0.5, 0.6) is 11.5 Å². The van der Waals surface area contributed by atoms with Crippen LogP contribution in [0.3, 0.4) is 0 Å². The van der Waals surface area contributed by atoms with Crippen molar-refractivity contribution in [3.8, 4) is 11.5 Å². The number of pyridine rings is 1. The zero-order valence-corrected chi connectivity index (χ0v) is 15.8. The van der Waals surface area contributed by atoms with Gasteiger partial charge >= 0.3 is 0 Å². The van der Waals surface area contributed by atoms with Gasteiger partial charge in [-0.05, 0) is 54.8 Å². The molecule has 0 spiro atoms. The molecule has 0 radical (unpaired) electrons. The molecule has 0 aliphatic carbocycles. The van der Waals surface area contributed by atoms with E-state index >= 15 is 0 Å². The molecule has 2 heterocycles. The van der Waals surface area contributed by atoms with Crippen molar-refractivity contribution in [2.75, 3.05) is 26.7 Å². The smallest absolute Gasteiger partial charge is 0.222 e. The highest BCUT2D eigenvalue weighted by Gasteiger charge is 2.18. The van der Waals surface area contributed by atoms with Gasteiger partial charge in [0.25, 0.3) is 0 Å². The predicted octanol–water partition coefficient (Wildman–Crippen LogP) is 2.77. The number of nitrogens with one attached hydrogen (secondary N) is 1. The second kappa shape index (κ2) is 9.92. The van der Waals surface area contributed by atoms with Crippen molar-refractivity contribution < 1.29 is 14.3 Å².